The van der Waals surface area contributed by atoms with Gasteiger partial charge in [-0.05, 0) is 37.3 Å². The van der Waals surface area contributed by atoms with Crippen molar-refractivity contribution in [1.29, 1.82) is 0 Å². The zero-order chi connectivity index (χ0) is 15.3. The SMILES string of the molecule is CC1CCCC(NC(=O)CN(C)CC(C)(C)CN)C1C. The number of hydrogen-bond donors (Lipinski definition) is 2. The Morgan fingerprint density at radius 1 is 1.35 bits per heavy atom. The maximum absolute atomic E-state index is 12.2. The van der Waals surface area contributed by atoms with Gasteiger partial charge in [0.05, 0.1) is 6.54 Å². The number of hydrogen-bond acceptors (Lipinski definition) is 3. The van der Waals surface area contributed by atoms with Crippen molar-refractivity contribution in [3.05, 3.63) is 0 Å². The number of nitrogens with two attached hydrogens (primary N) is 1. The summed E-state index contributed by atoms with van der Waals surface area (Å²) in [6, 6.07) is 0.349. The quantitative estimate of drug-likeness (QED) is 0.782. The van der Waals surface area contributed by atoms with Crippen LogP contribution in [0.4, 0.5) is 0 Å². The lowest BCUT2D eigenvalue weighted by molar-refractivity contribution is -0.123. The van der Waals surface area contributed by atoms with Crippen molar-refractivity contribution >= 4 is 5.91 Å². The second-order valence-electron chi connectivity index (χ2n) is 7.48. The molecule has 1 rings (SSSR count). The van der Waals surface area contributed by atoms with Crippen LogP contribution >= 0.6 is 0 Å². The third-order valence-corrected chi connectivity index (χ3v) is 4.72. The molecule has 1 aliphatic carbocycles. The zero-order valence-corrected chi connectivity index (χ0v) is 13.9. The van der Waals surface area contributed by atoms with Gasteiger partial charge < -0.3 is 11.1 Å². The lowest BCUT2D eigenvalue weighted by atomic mass is 9.78. The van der Waals surface area contributed by atoms with E-state index in [2.05, 4.69) is 37.9 Å². The molecule has 20 heavy (non-hydrogen) atoms. The Morgan fingerprint density at radius 2 is 2.00 bits per heavy atom. The Morgan fingerprint density at radius 3 is 2.60 bits per heavy atom. The largest absolute Gasteiger partial charge is 0.352 e. The van der Waals surface area contributed by atoms with Crippen molar-refractivity contribution in [3.63, 3.8) is 0 Å². The summed E-state index contributed by atoms with van der Waals surface area (Å²) in [5, 5.41) is 3.22. The molecule has 4 heteroatoms. The van der Waals surface area contributed by atoms with Gasteiger partial charge in [0.2, 0.25) is 5.91 Å². The van der Waals surface area contributed by atoms with Crippen LogP contribution in [0.5, 0.6) is 0 Å². The van der Waals surface area contributed by atoms with Gasteiger partial charge in [-0.1, -0.05) is 40.5 Å². The molecule has 4 nitrogen and oxygen atoms in total. The highest BCUT2D eigenvalue weighted by Gasteiger charge is 2.28. The minimum absolute atomic E-state index is 0.0572. The molecule has 1 saturated carbocycles. The Kier molecular flexibility index (Phi) is 6.46. The van der Waals surface area contributed by atoms with Crippen LogP contribution in [0, 0.1) is 17.3 Å². The van der Waals surface area contributed by atoms with E-state index in [1.807, 2.05) is 7.05 Å². The van der Waals surface area contributed by atoms with Crippen LogP contribution in [0.3, 0.4) is 0 Å². The minimum Gasteiger partial charge on any atom is -0.352 e. The summed E-state index contributed by atoms with van der Waals surface area (Å²) < 4.78 is 0. The molecule has 0 bridgehead atoms. The number of amides is 1. The van der Waals surface area contributed by atoms with Gasteiger partial charge in [0.15, 0.2) is 0 Å². The highest BCUT2D eigenvalue weighted by molar-refractivity contribution is 5.78. The van der Waals surface area contributed by atoms with E-state index in [9.17, 15) is 4.79 Å². The van der Waals surface area contributed by atoms with Gasteiger partial charge in [0, 0.05) is 12.6 Å². The van der Waals surface area contributed by atoms with Crippen LogP contribution in [0.2, 0.25) is 0 Å². The normalized spacial score (nSPS) is 27.6. The summed E-state index contributed by atoms with van der Waals surface area (Å²) in [6.07, 6.45) is 3.64. The Balaban J connectivity index is 2.39. The van der Waals surface area contributed by atoms with Gasteiger partial charge in [-0.15, -0.1) is 0 Å². The van der Waals surface area contributed by atoms with E-state index in [1.165, 1.54) is 12.8 Å². The van der Waals surface area contributed by atoms with Crippen molar-refractivity contribution in [2.45, 2.75) is 53.0 Å². The second-order valence-corrected chi connectivity index (χ2v) is 7.48. The third kappa shape index (κ3) is 5.41. The molecule has 118 valence electrons. The average Bonchev–Trinajstić information content (AvgIpc) is 2.34. The molecule has 0 aromatic carbocycles. The molecule has 0 heterocycles. The Labute approximate surface area is 124 Å². The van der Waals surface area contributed by atoms with Crippen molar-refractivity contribution in [1.82, 2.24) is 10.2 Å². The standard InChI is InChI=1S/C16H33N3O/c1-12-7-6-8-14(13(12)2)18-15(20)9-19(5)11-16(3,4)10-17/h12-14H,6-11,17H2,1-5H3,(H,18,20). The number of rotatable bonds is 6. The van der Waals surface area contributed by atoms with Crippen LogP contribution in [-0.2, 0) is 4.79 Å². The van der Waals surface area contributed by atoms with Crippen LogP contribution in [-0.4, -0.2) is 43.5 Å². The molecule has 0 aromatic heterocycles. The highest BCUT2D eigenvalue weighted by Crippen LogP contribution is 2.29. The maximum atomic E-state index is 12.2. The molecule has 0 radical (unpaired) electrons. The molecule has 1 fully saturated rings. The van der Waals surface area contributed by atoms with Crippen molar-refractivity contribution < 1.29 is 4.79 Å². The summed E-state index contributed by atoms with van der Waals surface area (Å²) in [5.41, 5.74) is 5.80. The first kappa shape index (κ1) is 17.4. The molecule has 1 aliphatic rings. The monoisotopic (exact) mass is 283 g/mol. The zero-order valence-electron chi connectivity index (χ0n) is 13.9. The second kappa shape index (κ2) is 7.41. The topological polar surface area (TPSA) is 58.4 Å². The van der Waals surface area contributed by atoms with E-state index in [0.29, 0.717) is 31.0 Å². The number of carbonyl (C=O) groups is 1. The summed E-state index contributed by atoms with van der Waals surface area (Å²) in [6.45, 7) is 10.7. The molecule has 0 aromatic rings. The molecule has 0 saturated heterocycles. The van der Waals surface area contributed by atoms with Crippen LogP contribution in [0.15, 0.2) is 0 Å². The summed E-state index contributed by atoms with van der Waals surface area (Å²) >= 11 is 0. The van der Waals surface area contributed by atoms with Crippen LogP contribution in [0.1, 0.15) is 47.0 Å². The van der Waals surface area contributed by atoms with Gasteiger partial charge in [-0.3, -0.25) is 9.69 Å². The number of nitrogens with zero attached hydrogens (tertiary/aromatic N) is 1. The van der Waals surface area contributed by atoms with E-state index in [4.69, 9.17) is 5.73 Å². The first-order chi connectivity index (χ1) is 9.25. The lowest BCUT2D eigenvalue weighted by Crippen LogP contribution is -2.48. The molecule has 3 N–H and O–H groups in total. The van der Waals surface area contributed by atoms with Gasteiger partial charge in [-0.25, -0.2) is 0 Å². The van der Waals surface area contributed by atoms with Gasteiger partial charge in [0.1, 0.15) is 0 Å². The first-order valence-electron chi connectivity index (χ1n) is 7.93. The third-order valence-electron chi connectivity index (χ3n) is 4.72. The van der Waals surface area contributed by atoms with Crippen LogP contribution in [0.25, 0.3) is 0 Å². The molecular formula is C16H33N3O. The minimum atomic E-state index is 0.0572. The summed E-state index contributed by atoms with van der Waals surface area (Å²) in [5.74, 6) is 1.44. The lowest BCUT2D eigenvalue weighted by Gasteiger charge is -2.35. The first-order valence-corrected chi connectivity index (χ1v) is 7.93. The fourth-order valence-electron chi connectivity index (χ4n) is 3.13. The number of nitrogens with one attached hydrogen (secondary N) is 1. The van der Waals surface area contributed by atoms with Gasteiger partial charge >= 0.3 is 0 Å². The fraction of sp³-hybridized carbons (Fsp3) is 0.938. The smallest absolute Gasteiger partial charge is 0.234 e. The fourth-order valence-corrected chi connectivity index (χ4v) is 3.13. The molecule has 1 amide bonds. The average molecular weight is 283 g/mol. The van der Waals surface area contributed by atoms with Crippen molar-refractivity contribution in [3.8, 4) is 0 Å². The van der Waals surface area contributed by atoms with E-state index >= 15 is 0 Å². The van der Waals surface area contributed by atoms with Crippen LogP contribution < -0.4 is 11.1 Å². The van der Waals surface area contributed by atoms with E-state index in [-0.39, 0.29) is 11.3 Å². The maximum Gasteiger partial charge on any atom is 0.234 e. The van der Waals surface area contributed by atoms with Gasteiger partial charge in [0.25, 0.3) is 0 Å². The molecule has 0 spiro atoms. The van der Waals surface area contributed by atoms with Gasteiger partial charge in [-0.2, -0.15) is 0 Å². The van der Waals surface area contributed by atoms with E-state index < -0.39 is 0 Å². The number of carbonyl (C=O) groups excluding carboxylic acids is 1. The molecule has 3 atom stereocenters. The molecule has 3 unspecified atom stereocenters. The Bertz CT molecular complexity index is 317. The predicted octanol–water partition coefficient (Wildman–Crippen LogP) is 1.84. The van der Waals surface area contributed by atoms with E-state index in [1.54, 1.807) is 0 Å². The Hall–Kier alpha value is -0.610. The van der Waals surface area contributed by atoms with Crippen molar-refractivity contribution in [2.24, 2.45) is 23.0 Å². The number of likely N-dealkylation sites (N-methyl/N-ethyl adjacent to an activating group) is 1. The molecular weight excluding hydrogens is 250 g/mol. The molecule has 0 aliphatic heterocycles. The van der Waals surface area contributed by atoms with E-state index in [0.717, 1.165) is 13.0 Å². The van der Waals surface area contributed by atoms with Crippen molar-refractivity contribution in [2.75, 3.05) is 26.7 Å². The highest BCUT2D eigenvalue weighted by atomic mass is 16.2. The predicted molar refractivity (Wildman–Crippen MR) is 84.4 cm³/mol. The summed E-state index contributed by atoms with van der Waals surface area (Å²) in [7, 11) is 1.99. The summed E-state index contributed by atoms with van der Waals surface area (Å²) in [4.78, 5) is 14.2.